The number of phenolic OH excluding ortho intramolecular Hbond substituents is 1. The molecule has 4 rings (SSSR count). The SMILES string of the molecule is CCc1cc(-c2nc3[nH]nc(C)c3c3cc(OC)c(OC)cc23)ccc1O. The molecule has 2 heterocycles. The lowest BCUT2D eigenvalue weighted by atomic mass is 9.98. The maximum absolute atomic E-state index is 10.0. The zero-order valence-electron chi connectivity index (χ0n) is 15.8. The van der Waals surface area contributed by atoms with Gasteiger partial charge in [-0.1, -0.05) is 6.92 Å². The first-order valence-corrected chi connectivity index (χ1v) is 8.80. The third kappa shape index (κ3) is 2.65. The van der Waals surface area contributed by atoms with Crippen molar-refractivity contribution in [2.24, 2.45) is 0 Å². The summed E-state index contributed by atoms with van der Waals surface area (Å²) in [4.78, 5) is 4.83. The molecule has 138 valence electrons. The maximum Gasteiger partial charge on any atom is 0.161 e. The van der Waals surface area contributed by atoms with Crippen LogP contribution in [0.25, 0.3) is 33.1 Å². The molecule has 0 saturated carbocycles. The van der Waals surface area contributed by atoms with Gasteiger partial charge in [0, 0.05) is 21.7 Å². The molecule has 0 aliphatic rings. The Kier molecular flexibility index (Phi) is 4.11. The number of nitrogens with one attached hydrogen (secondary N) is 1. The highest BCUT2D eigenvalue weighted by Gasteiger charge is 2.18. The van der Waals surface area contributed by atoms with Crippen LogP contribution in [0.5, 0.6) is 17.2 Å². The van der Waals surface area contributed by atoms with Crippen molar-refractivity contribution in [1.29, 1.82) is 0 Å². The van der Waals surface area contributed by atoms with E-state index in [1.165, 1.54) is 0 Å². The van der Waals surface area contributed by atoms with Gasteiger partial charge in [-0.15, -0.1) is 0 Å². The van der Waals surface area contributed by atoms with Crippen molar-refractivity contribution in [1.82, 2.24) is 15.2 Å². The zero-order valence-corrected chi connectivity index (χ0v) is 15.8. The van der Waals surface area contributed by atoms with Crippen LogP contribution in [-0.2, 0) is 6.42 Å². The number of hydrogen-bond acceptors (Lipinski definition) is 5. The number of fused-ring (bicyclic) bond motifs is 3. The molecule has 6 heteroatoms. The van der Waals surface area contributed by atoms with Crippen LogP contribution in [0.3, 0.4) is 0 Å². The summed E-state index contributed by atoms with van der Waals surface area (Å²) in [6.07, 6.45) is 0.736. The van der Waals surface area contributed by atoms with Crippen LogP contribution in [0.4, 0.5) is 0 Å². The molecular weight excluding hydrogens is 342 g/mol. The third-order valence-electron chi connectivity index (χ3n) is 4.93. The smallest absolute Gasteiger partial charge is 0.161 e. The number of aromatic amines is 1. The largest absolute Gasteiger partial charge is 0.508 e. The van der Waals surface area contributed by atoms with E-state index in [0.717, 1.165) is 45.1 Å². The third-order valence-corrected chi connectivity index (χ3v) is 4.93. The van der Waals surface area contributed by atoms with E-state index in [1.807, 2.05) is 38.1 Å². The molecule has 2 aromatic heterocycles. The van der Waals surface area contributed by atoms with E-state index in [-0.39, 0.29) is 0 Å². The van der Waals surface area contributed by atoms with Crippen molar-refractivity contribution in [3.63, 3.8) is 0 Å². The van der Waals surface area contributed by atoms with Crippen LogP contribution in [0.15, 0.2) is 30.3 Å². The molecule has 0 atom stereocenters. The van der Waals surface area contributed by atoms with Crippen LogP contribution >= 0.6 is 0 Å². The molecule has 2 N–H and O–H groups in total. The summed E-state index contributed by atoms with van der Waals surface area (Å²) in [6, 6.07) is 9.47. The minimum atomic E-state index is 0.295. The second kappa shape index (κ2) is 6.46. The van der Waals surface area contributed by atoms with Gasteiger partial charge in [0.15, 0.2) is 17.1 Å². The summed E-state index contributed by atoms with van der Waals surface area (Å²) in [5.41, 5.74) is 4.20. The fourth-order valence-corrected chi connectivity index (χ4v) is 3.51. The van der Waals surface area contributed by atoms with Gasteiger partial charge in [-0.25, -0.2) is 4.98 Å². The van der Waals surface area contributed by atoms with E-state index in [4.69, 9.17) is 14.5 Å². The number of aromatic nitrogens is 3. The first kappa shape index (κ1) is 17.1. The Morgan fingerprint density at radius 2 is 1.74 bits per heavy atom. The molecule has 0 unspecified atom stereocenters. The molecule has 0 radical (unpaired) electrons. The Morgan fingerprint density at radius 1 is 1.04 bits per heavy atom. The highest BCUT2D eigenvalue weighted by atomic mass is 16.5. The number of H-pyrrole nitrogens is 1. The molecule has 0 spiro atoms. The van der Waals surface area contributed by atoms with E-state index < -0.39 is 0 Å². The second-order valence-corrected chi connectivity index (χ2v) is 6.44. The Bertz CT molecular complexity index is 1160. The van der Waals surface area contributed by atoms with Crippen molar-refractivity contribution in [3.05, 3.63) is 41.6 Å². The minimum absolute atomic E-state index is 0.295. The quantitative estimate of drug-likeness (QED) is 0.563. The second-order valence-electron chi connectivity index (χ2n) is 6.44. The standard InChI is InChI=1S/C21H21N3O3/c1-5-12-8-13(6-7-16(12)25)20-15-10-18(27-4)17(26-3)9-14(15)19-11(2)23-24-21(19)22-20/h6-10,25H,5H2,1-4H3,(H,22,23,24). The average molecular weight is 363 g/mol. The summed E-state index contributed by atoms with van der Waals surface area (Å²) in [7, 11) is 3.24. The molecule has 2 aromatic carbocycles. The van der Waals surface area contributed by atoms with Crippen molar-refractivity contribution >= 4 is 21.8 Å². The topological polar surface area (TPSA) is 80.3 Å². The van der Waals surface area contributed by atoms with E-state index in [0.29, 0.717) is 22.9 Å². The van der Waals surface area contributed by atoms with Crippen molar-refractivity contribution in [2.45, 2.75) is 20.3 Å². The number of phenols is 1. The van der Waals surface area contributed by atoms with E-state index in [9.17, 15) is 5.11 Å². The van der Waals surface area contributed by atoms with Crippen molar-refractivity contribution < 1.29 is 14.6 Å². The van der Waals surface area contributed by atoms with Gasteiger partial charge in [-0.05, 0) is 49.2 Å². The first-order chi connectivity index (χ1) is 13.1. The lowest BCUT2D eigenvalue weighted by Crippen LogP contribution is -1.95. The summed E-state index contributed by atoms with van der Waals surface area (Å²) in [6.45, 7) is 3.96. The molecule has 0 saturated heterocycles. The first-order valence-electron chi connectivity index (χ1n) is 8.80. The highest BCUT2D eigenvalue weighted by Crippen LogP contribution is 2.40. The molecular formula is C21H21N3O3. The molecule has 0 fully saturated rings. The van der Waals surface area contributed by atoms with Crippen molar-refractivity contribution in [2.75, 3.05) is 14.2 Å². The molecule has 27 heavy (non-hydrogen) atoms. The molecule has 6 nitrogen and oxygen atoms in total. The van der Waals surface area contributed by atoms with Gasteiger partial charge in [-0.3, -0.25) is 5.10 Å². The predicted molar refractivity (Wildman–Crippen MR) is 106 cm³/mol. The van der Waals surface area contributed by atoms with Gasteiger partial charge in [0.25, 0.3) is 0 Å². The number of methoxy groups -OCH3 is 2. The zero-order chi connectivity index (χ0) is 19.1. The number of aryl methyl sites for hydroxylation is 2. The Morgan fingerprint density at radius 3 is 2.41 bits per heavy atom. The van der Waals surface area contributed by atoms with Gasteiger partial charge in [-0.2, -0.15) is 5.10 Å². The Labute approximate surface area is 156 Å². The van der Waals surface area contributed by atoms with Crippen molar-refractivity contribution in [3.8, 4) is 28.5 Å². The molecule has 0 amide bonds. The number of rotatable bonds is 4. The number of benzene rings is 2. The lowest BCUT2D eigenvalue weighted by molar-refractivity contribution is 0.356. The van der Waals surface area contributed by atoms with E-state index in [1.54, 1.807) is 20.3 Å². The lowest BCUT2D eigenvalue weighted by Gasteiger charge is -2.13. The number of aromatic hydroxyl groups is 1. The van der Waals surface area contributed by atoms with Crippen LogP contribution in [0.1, 0.15) is 18.2 Å². The van der Waals surface area contributed by atoms with Crippen LogP contribution in [-0.4, -0.2) is 34.5 Å². The summed E-state index contributed by atoms with van der Waals surface area (Å²) in [5.74, 6) is 1.59. The van der Waals surface area contributed by atoms with Gasteiger partial charge in [0.05, 0.1) is 25.6 Å². The summed E-state index contributed by atoms with van der Waals surface area (Å²) in [5, 5.41) is 20.3. The predicted octanol–water partition coefficient (Wildman–Crippen LogP) is 4.37. The van der Waals surface area contributed by atoms with E-state index >= 15 is 0 Å². The normalized spacial score (nSPS) is 11.3. The van der Waals surface area contributed by atoms with Gasteiger partial charge < -0.3 is 14.6 Å². The Hall–Kier alpha value is -3.28. The fraction of sp³-hybridized carbons (Fsp3) is 0.238. The van der Waals surface area contributed by atoms with E-state index in [2.05, 4.69) is 10.2 Å². The number of nitrogens with zero attached hydrogens (tertiary/aromatic N) is 2. The number of pyridine rings is 1. The molecule has 4 aromatic rings. The van der Waals surface area contributed by atoms with Gasteiger partial charge >= 0.3 is 0 Å². The van der Waals surface area contributed by atoms with Crippen LogP contribution < -0.4 is 9.47 Å². The van der Waals surface area contributed by atoms with Crippen LogP contribution in [0, 0.1) is 6.92 Å². The highest BCUT2D eigenvalue weighted by molar-refractivity contribution is 6.12. The van der Waals surface area contributed by atoms with Crippen LogP contribution in [0.2, 0.25) is 0 Å². The summed E-state index contributed by atoms with van der Waals surface area (Å²) >= 11 is 0. The summed E-state index contributed by atoms with van der Waals surface area (Å²) < 4.78 is 11.0. The average Bonchev–Trinajstić information content (AvgIpc) is 3.07. The monoisotopic (exact) mass is 363 g/mol. The molecule has 0 aliphatic heterocycles. The number of hydrogen-bond donors (Lipinski definition) is 2. The van der Waals surface area contributed by atoms with Gasteiger partial charge in [0.1, 0.15) is 5.75 Å². The molecule has 0 aliphatic carbocycles. The van der Waals surface area contributed by atoms with Gasteiger partial charge in [0.2, 0.25) is 0 Å². The fourth-order valence-electron chi connectivity index (χ4n) is 3.51. The minimum Gasteiger partial charge on any atom is -0.508 e. The maximum atomic E-state index is 10.0. The molecule has 0 bridgehead atoms. The number of ether oxygens (including phenoxy) is 2. The Balaban J connectivity index is 2.13.